The maximum Gasteiger partial charge on any atom is 0.257 e. The maximum absolute atomic E-state index is 12.6. The normalized spacial score (nSPS) is 10.3. The minimum absolute atomic E-state index is 0.249. The number of halogens is 1. The minimum Gasteiger partial charge on any atom is -0.493 e. The van der Waals surface area contributed by atoms with Gasteiger partial charge < -0.3 is 18.9 Å². The average molecular weight is 480 g/mol. The van der Waals surface area contributed by atoms with Gasteiger partial charge in [-0.3, -0.25) is 10.1 Å². The topological polar surface area (TPSA) is 91.8 Å². The van der Waals surface area contributed by atoms with Crippen LogP contribution in [0.3, 0.4) is 0 Å². The molecule has 1 aromatic heterocycles. The first kappa shape index (κ1) is 20.9. The second-order valence-corrected chi connectivity index (χ2v) is 7.59. The zero-order valence-electron chi connectivity index (χ0n) is 15.9. The Kier molecular flexibility index (Phi) is 6.89. The summed E-state index contributed by atoms with van der Waals surface area (Å²) < 4.78 is 22.5. The highest BCUT2D eigenvalue weighted by molar-refractivity contribution is 9.10. The van der Waals surface area contributed by atoms with Crippen molar-refractivity contribution in [1.29, 1.82) is 0 Å². The molecular formula is C19H18BrN3O5S. The van der Waals surface area contributed by atoms with Gasteiger partial charge in [0.1, 0.15) is 12.4 Å². The molecule has 3 aromatic rings. The van der Waals surface area contributed by atoms with Crippen molar-refractivity contribution in [3.63, 3.8) is 0 Å². The lowest BCUT2D eigenvalue weighted by molar-refractivity contribution is 0.102. The van der Waals surface area contributed by atoms with Crippen LogP contribution in [0, 0.1) is 0 Å². The summed E-state index contributed by atoms with van der Waals surface area (Å²) in [4.78, 5) is 12.6. The van der Waals surface area contributed by atoms with Crippen molar-refractivity contribution in [3.05, 3.63) is 51.4 Å². The molecule has 1 amide bonds. The van der Waals surface area contributed by atoms with E-state index in [4.69, 9.17) is 18.9 Å². The van der Waals surface area contributed by atoms with Crippen molar-refractivity contribution in [2.75, 3.05) is 26.6 Å². The molecule has 0 fully saturated rings. The number of ether oxygens (including phenoxy) is 4. The zero-order chi connectivity index (χ0) is 20.8. The van der Waals surface area contributed by atoms with Crippen LogP contribution in [-0.2, 0) is 6.61 Å². The molecule has 0 spiro atoms. The zero-order valence-corrected chi connectivity index (χ0v) is 18.3. The molecule has 0 unspecified atom stereocenters. The van der Waals surface area contributed by atoms with Crippen molar-refractivity contribution >= 4 is 38.3 Å². The molecule has 0 saturated carbocycles. The third-order valence-electron chi connectivity index (χ3n) is 3.79. The number of methoxy groups -OCH3 is 3. The van der Waals surface area contributed by atoms with E-state index in [2.05, 4.69) is 31.4 Å². The second-order valence-electron chi connectivity index (χ2n) is 5.61. The number of nitrogens with zero attached hydrogens (tertiary/aromatic N) is 2. The molecule has 1 N–H and O–H groups in total. The monoisotopic (exact) mass is 479 g/mol. The predicted octanol–water partition coefficient (Wildman–Crippen LogP) is 4.16. The highest BCUT2D eigenvalue weighted by Crippen LogP contribution is 2.38. The minimum atomic E-state index is -0.374. The Labute approximate surface area is 179 Å². The highest BCUT2D eigenvalue weighted by atomic mass is 79.9. The Morgan fingerprint density at radius 1 is 1.03 bits per heavy atom. The molecule has 29 heavy (non-hydrogen) atoms. The van der Waals surface area contributed by atoms with Crippen LogP contribution in [0.1, 0.15) is 15.4 Å². The van der Waals surface area contributed by atoms with Crippen LogP contribution >= 0.6 is 27.3 Å². The standard InChI is InChI=1S/C19H18BrN3O5S/c1-25-14-8-11(9-15(26-2)17(14)27-3)18(24)21-19-23-22-16(29-19)10-28-13-6-4-12(20)5-7-13/h4-9H,10H2,1-3H3,(H,21,23,24). The van der Waals surface area contributed by atoms with Gasteiger partial charge in [0.25, 0.3) is 5.91 Å². The largest absolute Gasteiger partial charge is 0.493 e. The van der Waals surface area contributed by atoms with Crippen molar-refractivity contribution in [2.24, 2.45) is 0 Å². The Balaban J connectivity index is 1.67. The first-order valence-corrected chi connectivity index (χ1v) is 9.97. The summed E-state index contributed by atoms with van der Waals surface area (Å²) in [5.41, 5.74) is 0.336. The molecule has 0 aliphatic heterocycles. The first-order chi connectivity index (χ1) is 14.0. The van der Waals surface area contributed by atoms with Crippen LogP contribution in [0.4, 0.5) is 5.13 Å². The fraction of sp³-hybridized carbons (Fsp3) is 0.211. The summed E-state index contributed by atoms with van der Waals surface area (Å²) in [6.45, 7) is 0.249. The lowest BCUT2D eigenvalue weighted by atomic mass is 10.1. The smallest absolute Gasteiger partial charge is 0.257 e. The van der Waals surface area contributed by atoms with E-state index in [0.29, 0.717) is 38.7 Å². The highest BCUT2D eigenvalue weighted by Gasteiger charge is 2.18. The fourth-order valence-electron chi connectivity index (χ4n) is 2.42. The summed E-state index contributed by atoms with van der Waals surface area (Å²) in [5.74, 6) is 1.53. The molecule has 1 heterocycles. The summed E-state index contributed by atoms with van der Waals surface area (Å²) in [7, 11) is 4.47. The third kappa shape index (κ3) is 5.15. The van der Waals surface area contributed by atoms with Crippen molar-refractivity contribution in [2.45, 2.75) is 6.61 Å². The van der Waals surface area contributed by atoms with Crippen LogP contribution in [-0.4, -0.2) is 37.4 Å². The molecular weight excluding hydrogens is 462 g/mol. The number of carbonyl (C=O) groups excluding carboxylic acids is 1. The van der Waals surface area contributed by atoms with E-state index in [9.17, 15) is 4.79 Å². The molecule has 0 aliphatic carbocycles. The van der Waals surface area contributed by atoms with Gasteiger partial charge in [-0.2, -0.15) is 0 Å². The van der Waals surface area contributed by atoms with Crippen LogP contribution in [0.25, 0.3) is 0 Å². The van der Waals surface area contributed by atoms with Gasteiger partial charge in [-0.1, -0.05) is 27.3 Å². The van der Waals surface area contributed by atoms with E-state index in [1.165, 1.54) is 32.7 Å². The molecule has 0 saturated heterocycles. The molecule has 2 aromatic carbocycles. The maximum atomic E-state index is 12.6. The quantitative estimate of drug-likeness (QED) is 0.518. The average Bonchev–Trinajstić information content (AvgIpc) is 3.19. The van der Waals surface area contributed by atoms with Crippen molar-refractivity contribution in [1.82, 2.24) is 10.2 Å². The van der Waals surface area contributed by atoms with E-state index in [0.717, 1.165) is 4.47 Å². The predicted molar refractivity (Wildman–Crippen MR) is 112 cm³/mol. The summed E-state index contributed by atoms with van der Waals surface area (Å²) in [6.07, 6.45) is 0. The van der Waals surface area contributed by atoms with Crippen molar-refractivity contribution in [3.8, 4) is 23.0 Å². The van der Waals surface area contributed by atoms with Gasteiger partial charge in [0.05, 0.1) is 21.3 Å². The van der Waals surface area contributed by atoms with Gasteiger partial charge in [0, 0.05) is 10.0 Å². The van der Waals surface area contributed by atoms with Crippen LogP contribution in [0.5, 0.6) is 23.0 Å². The number of benzene rings is 2. The van der Waals surface area contributed by atoms with Gasteiger partial charge in [0.15, 0.2) is 16.5 Å². The van der Waals surface area contributed by atoms with E-state index >= 15 is 0 Å². The first-order valence-electron chi connectivity index (χ1n) is 8.36. The van der Waals surface area contributed by atoms with Gasteiger partial charge in [-0.05, 0) is 36.4 Å². The van der Waals surface area contributed by atoms with Crippen LogP contribution in [0.15, 0.2) is 40.9 Å². The molecule has 0 bridgehead atoms. The number of anilines is 1. The Bertz CT molecular complexity index is 969. The van der Waals surface area contributed by atoms with E-state index in [1.807, 2.05) is 24.3 Å². The Morgan fingerprint density at radius 3 is 2.28 bits per heavy atom. The van der Waals surface area contributed by atoms with Gasteiger partial charge in [-0.25, -0.2) is 0 Å². The lowest BCUT2D eigenvalue weighted by Gasteiger charge is -2.13. The Morgan fingerprint density at radius 2 is 1.69 bits per heavy atom. The molecule has 0 atom stereocenters. The number of amides is 1. The number of nitrogens with one attached hydrogen (secondary N) is 1. The number of hydrogen-bond acceptors (Lipinski definition) is 8. The SMILES string of the molecule is COc1cc(C(=O)Nc2nnc(COc3ccc(Br)cc3)s2)cc(OC)c1OC. The van der Waals surface area contributed by atoms with Crippen LogP contribution in [0.2, 0.25) is 0 Å². The fourth-order valence-corrected chi connectivity index (χ4v) is 3.33. The van der Waals surface area contributed by atoms with E-state index in [1.54, 1.807) is 12.1 Å². The van der Waals surface area contributed by atoms with Crippen molar-refractivity contribution < 1.29 is 23.7 Å². The summed E-state index contributed by atoms with van der Waals surface area (Å²) >= 11 is 4.60. The third-order valence-corrected chi connectivity index (χ3v) is 5.13. The summed E-state index contributed by atoms with van der Waals surface area (Å²) in [6, 6.07) is 10.6. The second kappa shape index (κ2) is 9.57. The summed E-state index contributed by atoms with van der Waals surface area (Å²) in [5, 5.41) is 11.7. The van der Waals surface area contributed by atoms with Gasteiger partial charge >= 0.3 is 0 Å². The molecule has 8 nitrogen and oxygen atoms in total. The molecule has 10 heteroatoms. The van der Waals surface area contributed by atoms with Gasteiger partial charge in [-0.15, -0.1) is 10.2 Å². The van der Waals surface area contributed by atoms with E-state index < -0.39 is 0 Å². The molecule has 152 valence electrons. The van der Waals surface area contributed by atoms with Crippen LogP contribution < -0.4 is 24.3 Å². The number of rotatable bonds is 8. The Hall–Kier alpha value is -2.85. The number of hydrogen-bond donors (Lipinski definition) is 1. The lowest BCUT2D eigenvalue weighted by Crippen LogP contribution is -2.12. The molecule has 0 aliphatic rings. The molecule has 0 radical (unpaired) electrons. The van der Waals surface area contributed by atoms with Gasteiger partial charge in [0.2, 0.25) is 10.9 Å². The number of carbonyl (C=O) groups is 1. The molecule has 3 rings (SSSR count). The number of aromatic nitrogens is 2. The van der Waals surface area contributed by atoms with E-state index in [-0.39, 0.29) is 12.5 Å².